The Kier molecular flexibility index (Phi) is 2.91. The molecule has 0 saturated heterocycles. The van der Waals surface area contributed by atoms with Crippen molar-refractivity contribution >= 4 is 32.7 Å². The van der Waals surface area contributed by atoms with E-state index in [-0.39, 0.29) is 22.8 Å². The number of hydrogen-bond acceptors (Lipinski definition) is 3. The molecular weight excluding hydrogens is 313 g/mol. The average molecular weight is 320 g/mol. The number of carbonyl (C=O) groups excluding carboxylic acids is 1. The Balaban J connectivity index is 2.06. The summed E-state index contributed by atoms with van der Waals surface area (Å²) in [7, 11) is 0. The van der Waals surface area contributed by atoms with Crippen LogP contribution in [0.5, 0.6) is 0 Å². The van der Waals surface area contributed by atoms with E-state index >= 15 is 0 Å². The van der Waals surface area contributed by atoms with Crippen molar-refractivity contribution in [2.24, 2.45) is 0 Å². The van der Waals surface area contributed by atoms with Gasteiger partial charge in [-0.3, -0.25) is 9.78 Å². The highest BCUT2D eigenvalue weighted by Gasteiger charge is 2.17. The van der Waals surface area contributed by atoms with Gasteiger partial charge in [-0.2, -0.15) is 0 Å². The Hall–Kier alpha value is -2.01. The second kappa shape index (κ2) is 4.59. The van der Waals surface area contributed by atoms with Crippen LogP contribution in [0, 0.1) is 5.82 Å². The highest BCUT2D eigenvalue weighted by molar-refractivity contribution is 9.10. The van der Waals surface area contributed by atoms with Gasteiger partial charge in [-0.15, -0.1) is 0 Å². The second-order valence-electron chi connectivity index (χ2n) is 3.96. The molecule has 2 aromatic heterocycles. The SMILES string of the molecule is O=C(c1ccc(Br)cn1)c1cc2cccc(F)c2o1. The molecule has 0 unspecified atom stereocenters. The number of furan rings is 1. The van der Waals surface area contributed by atoms with Crippen molar-refractivity contribution in [3.05, 3.63) is 64.3 Å². The van der Waals surface area contributed by atoms with Gasteiger partial charge >= 0.3 is 0 Å². The van der Waals surface area contributed by atoms with E-state index in [1.54, 1.807) is 24.3 Å². The monoisotopic (exact) mass is 319 g/mol. The lowest BCUT2D eigenvalue weighted by Crippen LogP contribution is -2.01. The van der Waals surface area contributed by atoms with E-state index in [2.05, 4.69) is 20.9 Å². The van der Waals surface area contributed by atoms with Crippen LogP contribution in [-0.4, -0.2) is 10.8 Å². The number of benzene rings is 1. The summed E-state index contributed by atoms with van der Waals surface area (Å²) in [6, 6.07) is 9.36. The predicted octanol–water partition coefficient (Wildman–Crippen LogP) is 3.96. The number of rotatable bonds is 2. The molecule has 5 heteroatoms. The first-order valence-electron chi connectivity index (χ1n) is 5.49. The molecule has 0 amide bonds. The van der Waals surface area contributed by atoms with Crippen LogP contribution in [0.3, 0.4) is 0 Å². The zero-order valence-electron chi connectivity index (χ0n) is 9.56. The molecule has 0 aliphatic heterocycles. The lowest BCUT2D eigenvalue weighted by Gasteiger charge is -1.96. The van der Waals surface area contributed by atoms with Gasteiger partial charge in [0.25, 0.3) is 0 Å². The minimum absolute atomic E-state index is 0.0786. The quantitative estimate of drug-likeness (QED) is 0.671. The van der Waals surface area contributed by atoms with E-state index in [1.807, 2.05) is 0 Å². The Labute approximate surface area is 116 Å². The van der Waals surface area contributed by atoms with E-state index in [9.17, 15) is 9.18 Å². The number of hydrogen-bond donors (Lipinski definition) is 0. The van der Waals surface area contributed by atoms with Gasteiger partial charge in [0.2, 0.25) is 5.78 Å². The lowest BCUT2D eigenvalue weighted by molar-refractivity contribution is 0.101. The molecule has 3 aromatic rings. The van der Waals surface area contributed by atoms with Gasteiger partial charge in [0, 0.05) is 16.1 Å². The van der Waals surface area contributed by atoms with Gasteiger partial charge in [0.05, 0.1) is 0 Å². The largest absolute Gasteiger partial charge is 0.449 e. The number of ketones is 1. The van der Waals surface area contributed by atoms with Crippen molar-refractivity contribution in [1.82, 2.24) is 4.98 Å². The molecule has 0 aliphatic carbocycles. The second-order valence-corrected chi connectivity index (χ2v) is 4.88. The fourth-order valence-corrected chi connectivity index (χ4v) is 2.01. The maximum absolute atomic E-state index is 13.5. The third kappa shape index (κ3) is 2.17. The third-order valence-corrected chi connectivity index (χ3v) is 3.15. The van der Waals surface area contributed by atoms with Crippen molar-refractivity contribution in [2.75, 3.05) is 0 Å². The molecule has 3 rings (SSSR count). The topological polar surface area (TPSA) is 43.1 Å². The molecule has 0 fully saturated rings. The summed E-state index contributed by atoms with van der Waals surface area (Å²) < 4.78 is 19.5. The number of halogens is 2. The van der Waals surface area contributed by atoms with Gasteiger partial charge in [-0.1, -0.05) is 12.1 Å². The summed E-state index contributed by atoms with van der Waals surface area (Å²) in [5.41, 5.74) is 0.339. The Bertz CT molecular complexity index is 765. The summed E-state index contributed by atoms with van der Waals surface area (Å²) >= 11 is 3.24. The van der Waals surface area contributed by atoms with Crippen LogP contribution in [0.15, 0.2) is 51.5 Å². The lowest BCUT2D eigenvalue weighted by atomic mass is 10.2. The minimum Gasteiger partial charge on any atom is -0.449 e. The van der Waals surface area contributed by atoms with E-state index < -0.39 is 5.82 Å². The molecule has 0 radical (unpaired) electrons. The number of para-hydroxylation sites is 1. The predicted molar refractivity (Wildman–Crippen MR) is 71.5 cm³/mol. The zero-order valence-corrected chi connectivity index (χ0v) is 11.1. The maximum atomic E-state index is 13.5. The molecule has 0 saturated carbocycles. The molecule has 94 valence electrons. The summed E-state index contributed by atoms with van der Waals surface area (Å²) in [5, 5.41) is 0.556. The molecule has 0 spiro atoms. The molecule has 0 atom stereocenters. The maximum Gasteiger partial charge on any atom is 0.246 e. The van der Waals surface area contributed by atoms with Crippen LogP contribution in [0.1, 0.15) is 16.2 Å². The van der Waals surface area contributed by atoms with Crippen LogP contribution in [0.4, 0.5) is 4.39 Å². The highest BCUT2D eigenvalue weighted by Crippen LogP contribution is 2.23. The van der Waals surface area contributed by atoms with Gasteiger partial charge < -0.3 is 4.42 Å². The molecule has 0 bridgehead atoms. The average Bonchev–Trinajstić information content (AvgIpc) is 2.84. The Morgan fingerprint density at radius 2 is 2.11 bits per heavy atom. The van der Waals surface area contributed by atoms with Gasteiger partial charge in [-0.25, -0.2) is 4.39 Å². The molecule has 3 nitrogen and oxygen atoms in total. The van der Waals surface area contributed by atoms with Crippen LogP contribution in [0.25, 0.3) is 11.0 Å². The number of pyridine rings is 1. The first-order valence-corrected chi connectivity index (χ1v) is 6.29. The first kappa shape index (κ1) is 12.0. The summed E-state index contributed by atoms with van der Waals surface area (Å²) in [5.74, 6) is -0.779. The number of carbonyl (C=O) groups is 1. The van der Waals surface area contributed by atoms with Crippen LogP contribution >= 0.6 is 15.9 Å². The van der Waals surface area contributed by atoms with Crippen molar-refractivity contribution in [3.63, 3.8) is 0 Å². The Morgan fingerprint density at radius 3 is 2.79 bits per heavy atom. The third-order valence-electron chi connectivity index (χ3n) is 2.68. The van der Waals surface area contributed by atoms with Crippen molar-refractivity contribution < 1.29 is 13.6 Å². The van der Waals surface area contributed by atoms with E-state index in [0.29, 0.717) is 5.39 Å². The minimum atomic E-state index is -0.486. The number of nitrogens with zero attached hydrogens (tertiary/aromatic N) is 1. The highest BCUT2D eigenvalue weighted by atomic mass is 79.9. The van der Waals surface area contributed by atoms with Crippen LogP contribution in [-0.2, 0) is 0 Å². The number of fused-ring (bicyclic) bond motifs is 1. The van der Waals surface area contributed by atoms with Gasteiger partial charge in [0.15, 0.2) is 17.2 Å². The van der Waals surface area contributed by atoms with Crippen LogP contribution in [0.2, 0.25) is 0 Å². The normalized spacial score (nSPS) is 10.8. The molecule has 0 aliphatic rings. The summed E-state index contributed by atoms with van der Waals surface area (Å²) in [4.78, 5) is 16.1. The number of aromatic nitrogens is 1. The standard InChI is InChI=1S/C14H7BrFNO2/c15-9-4-5-11(17-7-9)13(18)12-6-8-2-1-3-10(16)14(8)19-12/h1-7H. The van der Waals surface area contributed by atoms with E-state index in [0.717, 1.165) is 4.47 Å². The van der Waals surface area contributed by atoms with E-state index in [4.69, 9.17) is 4.42 Å². The first-order chi connectivity index (χ1) is 9.15. The molecule has 19 heavy (non-hydrogen) atoms. The fraction of sp³-hybridized carbons (Fsp3) is 0. The Morgan fingerprint density at radius 1 is 1.26 bits per heavy atom. The molecule has 0 N–H and O–H groups in total. The van der Waals surface area contributed by atoms with Crippen molar-refractivity contribution in [1.29, 1.82) is 0 Å². The summed E-state index contributed by atoms with van der Waals surface area (Å²) in [6.07, 6.45) is 1.52. The summed E-state index contributed by atoms with van der Waals surface area (Å²) in [6.45, 7) is 0. The van der Waals surface area contributed by atoms with Gasteiger partial charge in [0.1, 0.15) is 5.69 Å². The van der Waals surface area contributed by atoms with Crippen molar-refractivity contribution in [3.8, 4) is 0 Å². The molecular formula is C14H7BrFNO2. The zero-order chi connectivity index (χ0) is 13.4. The smallest absolute Gasteiger partial charge is 0.246 e. The fourth-order valence-electron chi connectivity index (χ4n) is 1.78. The molecule has 2 heterocycles. The van der Waals surface area contributed by atoms with E-state index in [1.165, 1.54) is 18.3 Å². The van der Waals surface area contributed by atoms with Crippen LogP contribution < -0.4 is 0 Å². The van der Waals surface area contributed by atoms with Crippen molar-refractivity contribution in [2.45, 2.75) is 0 Å². The van der Waals surface area contributed by atoms with Gasteiger partial charge in [-0.05, 0) is 40.2 Å². The molecule has 1 aromatic carbocycles.